The van der Waals surface area contributed by atoms with Crippen LogP contribution in [-0.4, -0.2) is 114 Å². The summed E-state index contributed by atoms with van der Waals surface area (Å²) in [6.07, 6.45) is 11.9. The molecule has 0 radical (unpaired) electrons. The first-order chi connectivity index (χ1) is 32.6. The fourth-order valence-corrected chi connectivity index (χ4v) is 7.16. The van der Waals surface area contributed by atoms with E-state index in [-0.39, 0.29) is 42.2 Å². The van der Waals surface area contributed by atoms with Crippen LogP contribution < -0.4 is 17.2 Å². The molecular weight excluding hydrogens is 1080 g/mol. The average Bonchev–Trinajstić information content (AvgIpc) is 4.17. The number of carbonyl (C=O) groups excluding carboxylic acids is 2. The Labute approximate surface area is 411 Å². The molecular formula is C40H40Br3N21O4. The van der Waals surface area contributed by atoms with E-state index in [9.17, 15) is 9.59 Å². The minimum absolute atomic E-state index is 0.0183. The summed E-state index contributed by atoms with van der Waals surface area (Å²) < 4.78 is 20.8. The number of nitrogens with two attached hydrogens (primary N) is 3. The summed E-state index contributed by atoms with van der Waals surface area (Å²) in [6, 6.07) is 8.69. The summed E-state index contributed by atoms with van der Waals surface area (Å²) in [6.45, 7) is 11.2. The van der Waals surface area contributed by atoms with Crippen molar-refractivity contribution in [2.24, 2.45) is 0 Å². The molecule has 0 aliphatic rings. The highest BCUT2D eigenvalue weighted by Gasteiger charge is 2.25. The highest BCUT2D eigenvalue weighted by molar-refractivity contribution is 9.11. The smallest absolute Gasteiger partial charge is 0.357 e. The van der Waals surface area contributed by atoms with Crippen molar-refractivity contribution in [1.82, 2.24) is 88.4 Å². The second-order valence-corrected chi connectivity index (χ2v) is 16.3. The topological polar surface area (TPSA) is 315 Å². The van der Waals surface area contributed by atoms with Gasteiger partial charge in [0, 0.05) is 42.9 Å². The van der Waals surface area contributed by atoms with E-state index in [0.29, 0.717) is 60.0 Å². The van der Waals surface area contributed by atoms with E-state index in [1.807, 2.05) is 19.9 Å². The molecule has 350 valence electrons. The lowest BCUT2D eigenvalue weighted by atomic mass is 10.3. The van der Waals surface area contributed by atoms with Gasteiger partial charge in [-0.05, 0) is 120 Å². The number of ether oxygens (including phenoxy) is 2. The van der Waals surface area contributed by atoms with Crippen molar-refractivity contribution in [3.63, 3.8) is 0 Å². The van der Waals surface area contributed by atoms with Gasteiger partial charge in [-0.25, -0.2) is 33.3 Å². The molecule has 9 aromatic heterocycles. The number of halogens is 3. The van der Waals surface area contributed by atoms with Crippen LogP contribution in [0.1, 0.15) is 57.6 Å². The predicted molar refractivity (Wildman–Crippen MR) is 256 cm³/mol. The van der Waals surface area contributed by atoms with E-state index in [1.165, 1.54) is 9.36 Å². The Bertz CT molecular complexity index is 3220. The number of esters is 2. The maximum atomic E-state index is 12.4. The molecule has 0 aliphatic carbocycles. The van der Waals surface area contributed by atoms with Gasteiger partial charge >= 0.3 is 11.9 Å². The van der Waals surface area contributed by atoms with Crippen LogP contribution in [0, 0.1) is 27.7 Å². The Morgan fingerprint density at radius 2 is 1.00 bits per heavy atom. The molecule has 9 heterocycles. The van der Waals surface area contributed by atoms with Gasteiger partial charge in [0.05, 0.1) is 30.3 Å². The largest absolute Gasteiger partial charge is 0.461 e. The van der Waals surface area contributed by atoms with Crippen molar-refractivity contribution in [2.45, 2.75) is 41.5 Å². The van der Waals surface area contributed by atoms with Gasteiger partial charge in [0.2, 0.25) is 0 Å². The van der Waals surface area contributed by atoms with Crippen molar-refractivity contribution in [3.05, 3.63) is 121 Å². The third-order valence-corrected chi connectivity index (χ3v) is 11.2. The monoisotopic (exact) mass is 1120 g/mol. The highest BCUT2D eigenvalue weighted by atomic mass is 79.9. The Morgan fingerprint density at radius 1 is 0.559 bits per heavy atom. The molecule has 6 N–H and O–H groups in total. The molecule has 28 heteroatoms. The van der Waals surface area contributed by atoms with Gasteiger partial charge in [0.15, 0.2) is 28.8 Å². The first-order valence-corrected chi connectivity index (χ1v) is 22.5. The Balaban J connectivity index is 0.000000157. The SMILES string of the molecule is CCOC(=O)c1cc(C)nn1-c1nc(N)c(Br)c(-n2nc(C)cc2C(=O)OCC)n1.Cc1cc(C)n(-c2nc(-n3cccn3)nc(N)c2Br)n1.Nc1nc(-n2cccn2)nc(-n2ccnc2)c1Br. The number of hydrogen-bond donors (Lipinski definition) is 3. The number of anilines is 3. The van der Waals surface area contributed by atoms with Crippen molar-refractivity contribution in [3.8, 4) is 35.3 Å². The zero-order valence-corrected chi connectivity index (χ0v) is 41.6. The highest BCUT2D eigenvalue weighted by Crippen LogP contribution is 2.29. The zero-order chi connectivity index (χ0) is 48.8. The van der Waals surface area contributed by atoms with Crippen LogP contribution in [0.15, 0.2) is 87.3 Å². The lowest BCUT2D eigenvalue weighted by Gasteiger charge is -2.12. The van der Waals surface area contributed by atoms with Crippen LogP contribution in [0.3, 0.4) is 0 Å². The third-order valence-electron chi connectivity index (χ3n) is 8.94. The molecule has 0 saturated heterocycles. The summed E-state index contributed by atoms with van der Waals surface area (Å²) in [5.41, 5.74) is 21.2. The maximum Gasteiger partial charge on any atom is 0.357 e. The number of aromatic nitrogens is 18. The normalized spacial score (nSPS) is 10.8. The van der Waals surface area contributed by atoms with Gasteiger partial charge in [-0.1, -0.05) is 0 Å². The maximum absolute atomic E-state index is 12.4. The Hall–Kier alpha value is -7.72. The number of nitrogen functional groups attached to an aromatic ring is 3. The van der Waals surface area contributed by atoms with Crippen LogP contribution in [0.5, 0.6) is 0 Å². The van der Waals surface area contributed by atoms with Gasteiger partial charge in [-0.2, -0.15) is 60.1 Å². The predicted octanol–water partition coefficient (Wildman–Crippen LogP) is 5.17. The minimum Gasteiger partial charge on any atom is -0.461 e. The molecule has 0 saturated carbocycles. The quantitative estimate of drug-likeness (QED) is 0.149. The average molecular weight is 1120 g/mol. The molecule has 68 heavy (non-hydrogen) atoms. The molecule has 0 unspecified atom stereocenters. The van der Waals surface area contributed by atoms with Crippen LogP contribution in [0.2, 0.25) is 0 Å². The second kappa shape index (κ2) is 20.8. The summed E-state index contributed by atoms with van der Waals surface area (Å²) in [5.74, 6) is 1.84. The zero-order valence-electron chi connectivity index (χ0n) is 36.9. The summed E-state index contributed by atoms with van der Waals surface area (Å²) in [5, 5.41) is 21.2. The fraction of sp³-hybridized carbons (Fsp3) is 0.200. The molecule has 0 aromatic carbocycles. The van der Waals surface area contributed by atoms with E-state index in [1.54, 1.807) is 114 Å². The first kappa shape index (κ1) is 48.2. The molecule has 0 spiro atoms. The molecule has 0 aliphatic heterocycles. The van der Waals surface area contributed by atoms with Crippen LogP contribution in [0.25, 0.3) is 35.3 Å². The van der Waals surface area contributed by atoms with E-state index < -0.39 is 11.9 Å². The van der Waals surface area contributed by atoms with E-state index in [0.717, 1.165) is 11.4 Å². The molecule has 0 fully saturated rings. The summed E-state index contributed by atoms with van der Waals surface area (Å²) >= 11 is 10.1. The Kier molecular flexibility index (Phi) is 14.8. The van der Waals surface area contributed by atoms with Crippen molar-refractivity contribution >= 4 is 77.2 Å². The standard InChI is InChI=1S/C18H20BrN7O4.C12H12BrN7.C10H8BrN7/c1-5-29-16(27)11-7-9(3)23-25(11)15-13(19)14(20)21-18(22-15)26-12(8-10(4)24-26)17(28)30-6-2;1-7-6-8(2)20(18-7)11-9(13)10(14)16-12(17-11)19-5-3-4-15-19;11-7-8(12)15-10(18-4-1-2-14-18)16-9(7)17-5-3-13-6-17/h7-8H,5-6H2,1-4H3,(H2,20,21,22);3-6H,1-2H3,(H2,14,16,17);1-6H,(H2,12,15,16). The number of imidazole rings is 1. The second-order valence-electron chi connectivity index (χ2n) is 14.0. The van der Waals surface area contributed by atoms with Gasteiger partial charge in [0.1, 0.15) is 37.2 Å². The first-order valence-electron chi connectivity index (χ1n) is 20.1. The molecule has 25 nitrogen and oxygen atoms in total. The van der Waals surface area contributed by atoms with Gasteiger partial charge in [-0.15, -0.1) is 0 Å². The fourth-order valence-electron chi connectivity index (χ4n) is 6.09. The number of aryl methyl sites for hydroxylation is 4. The van der Waals surface area contributed by atoms with Gasteiger partial charge < -0.3 is 26.7 Å². The van der Waals surface area contributed by atoms with E-state index in [4.69, 9.17) is 26.7 Å². The number of hydrogen-bond acceptors (Lipinski definition) is 19. The lowest BCUT2D eigenvalue weighted by Crippen LogP contribution is -2.18. The lowest BCUT2D eigenvalue weighted by molar-refractivity contribution is 0.0506. The molecule has 9 aromatic rings. The molecule has 9 rings (SSSR count). The van der Waals surface area contributed by atoms with Gasteiger partial charge in [0.25, 0.3) is 17.8 Å². The number of rotatable bonds is 10. The number of carbonyl (C=O) groups is 2. The molecule has 0 amide bonds. The number of nitrogens with zero attached hydrogens (tertiary/aromatic N) is 18. The van der Waals surface area contributed by atoms with E-state index in [2.05, 4.69) is 108 Å². The van der Waals surface area contributed by atoms with Gasteiger partial charge in [-0.3, -0.25) is 4.57 Å². The molecule has 0 atom stereocenters. The summed E-state index contributed by atoms with van der Waals surface area (Å²) in [7, 11) is 0. The summed E-state index contributed by atoms with van der Waals surface area (Å²) in [4.78, 5) is 54.6. The van der Waals surface area contributed by atoms with Crippen molar-refractivity contribution in [1.29, 1.82) is 0 Å². The Morgan fingerprint density at radius 3 is 1.47 bits per heavy atom. The van der Waals surface area contributed by atoms with Crippen molar-refractivity contribution < 1.29 is 19.1 Å². The van der Waals surface area contributed by atoms with Crippen molar-refractivity contribution in [2.75, 3.05) is 30.4 Å². The van der Waals surface area contributed by atoms with Crippen LogP contribution >= 0.6 is 47.8 Å². The van der Waals surface area contributed by atoms with E-state index >= 15 is 0 Å². The third kappa shape index (κ3) is 10.4. The molecule has 0 bridgehead atoms. The minimum atomic E-state index is -0.577. The van der Waals surface area contributed by atoms with Crippen LogP contribution in [0.4, 0.5) is 17.5 Å². The van der Waals surface area contributed by atoms with Crippen LogP contribution in [-0.2, 0) is 9.47 Å².